The van der Waals surface area contributed by atoms with Gasteiger partial charge < -0.3 is 5.32 Å². The lowest BCUT2D eigenvalue weighted by Crippen LogP contribution is -2.18. The third kappa shape index (κ3) is 4.18. The normalized spacial score (nSPS) is 11.7. The number of alkyl halides is 3. The Bertz CT molecular complexity index is 1330. The van der Waals surface area contributed by atoms with E-state index in [0.717, 1.165) is 23.3 Å². The van der Waals surface area contributed by atoms with Crippen molar-refractivity contribution in [3.05, 3.63) is 76.6 Å². The van der Waals surface area contributed by atoms with Gasteiger partial charge in [-0.15, -0.1) is 5.10 Å². The van der Waals surface area contributed by atoms with Crippen LogP contribution in [0.3, 0.4) is 0 Å². The first kappa shape index (κ1) is 21.5. The number of rotatable bonds is 4. The first-order valence-electron chi connectivity index (χ1n) is 9.89. The number of carbonyl (C=O) groups is 1. The number of nitrogens with zero attached hydrogens (tertiary/aromatic N) is 4. The van der Waals surface area contributed by atoms with Gasteiger partial charge in [0.05, 0.1) is 12.0 Å². The molecule has 0 aliphatic carbocycles. The fraction of sp³-hybridized carbons (Fsp3) is 0.217. The Labute approximate surface area is 182 Å². The Morgan fingerprint density at radius 3 is 2.50 bits per heavy atom. The van der Waals surface area contributed by atoms with Crippen molar-refractivity contribution in [2.24, 2.45) is 0 Å². The zero-order chi connectivity index (χ0) is 23.0. The summed E-state index contributed by atoms with van der Waals surface area (Å²) >= 11 is 0. The van der Waals surface area contributed by atoms with Crippen LogP contribution in [0.15, 0.2) is 48.5 Å². The third-order valence-electron chi connectivity index (χ3n) is 5.25. The van der Waals surface area contributed by atoms with E-state index in [9.17, 15) is 18.0 Å². The monoisotopic (exact) mass is 439 g/mol. The number of amides is 1. The number of halogens is 3. The van der Waals surface area contributed by atoms with Crippen LogP contribution in [0.2, 0.25) is 0 Å². The fourth-order valence-electron chi connectivity index (χ4n) is 3.54. The van der Waals surface area contributed by atoms with E-state index in [0.29, 0.717) is 28.6 Å². The van der Waals surface area contributed by atoms with Crippen LogP contribution >= 0.6 is 0 Å². The molecule has 0 fully saturated rings. The van der Waals surface area contributed by atoms with Crippen LogP contribution in [-0.4, -0.2) is 25.5 Å². The van der Waals surface area contributed by atoms with Gasteiger partial charge in [0.25, 0.3) is 5.78 Å². The highest BCUT2D eigenvalue weighted by atomic mass is 19.4. The smallest absolute Gasteiger partial charge is 0.326 e. The molecule has 2 aromatic carbocycles. The maximum absolute atomic E-state index is 12.9. The molecule has 0 saturated heterocycles. The molecule has 4 aromatic rings. The molecule has 2 aromatic heterocycles. The molecule has 0 unspecified atom stereocenters. The Hall–Kier alpha value is -3.75. The van der Waals surface area contributed by atoms with Gasteiger partial charge in [0.2, 0.25) is 5.91 Å². The van der Waals surface area contributed by atoms with Crippen molar-refractivity contribution < 1.29 is 18.0 Å². The lowest BCUT2D eigenvalue weighted by molar-refractivity contribution is -0.137. The van der Waals surface area contributed by atoms with Crippen LogP contribution in [0.25, 0.3) is 17.2 Å². The molecule has 0 saturated carbocycles. The molecular weight excluding hydrogens is 419 g/mol. The first-order chi connectivity index (χ1) is 15.1. The number of benzene rings is 2. The highest BCUT2D eigenvalue weighted by Gasteiger charge is 2.30. The standard InChI is InChI=1S/C23H20F3N5O/c1-13-7-4-5-10-18(13)21-29-22-27-14(2)19(15(3)31(22)30-21)12-20(32)28-17-9-6-8-16(11-17)23(24,25)26/h4-11H,12H2,1-3H3,(H,28,32). The van der Waals surface area contributed by atoms with E-state index in [1.165, 1.54) is 12.1 Å². The zero-order valence-corrected chi connectivity index (χ0v) is 17.7. The number of anilines is 1. The van der Waals surface area contributed by atoms with Crippen LogP contribution in [0.5, 0.6) is 0 Å². The topological polar surface area (TPSA) is 72.2 Å². The molecule has 6 nitrogen and oxygen atoms in total. The molecule has 0 radical (unpaired) electrons. The quantitative estimate of drug-likeness (QED) is 0.490. The van der Waals surface area contributed by atoms with E-state index in [1.54, 1.807) is 11.4 Å². The van der Waals surface area contributed by atoms with E-state index in [-0.39, 0.29) is 12.1 Å². The number of hydrogen-bond donors (Lipinski definition) is 1. The molecule has 0 spiro atoms. The lowest BCUT2D eigenvalue weighted by atomic mass is 10.1. The minimum absolute atomic E-state index is 0.0591. The second kappa shape index (κ2) is 8.07. The van der Waals surface area contributed by atoms with Crippen LogP contribution < -0.4 is 5.32 Å². The summed E-state index contributed by atoms with van der Waals surface area (Å²) < 4.78 is 40.3. The molecule has 1 amide bonds. The molecule has 32 heavy (non-hydrogen) atoms. The summed E-state index contributed by atoms with van der Waals surface area (Å²) in [6, 6.07) is 12.3. The molecular formula is C23H20F3N5O. The van der Waals surface area contributed by atoms with Crippen molar-refractivity contribution in [3.63, 3.8) is 0 Å². The lowest BCUT2D eigenvalue weighted by Gasteiger charge is -2.12. The molecule has 9 heteroatoms. The Kier molecular flexibility index (Phi) is 5.41. The van der Waals surface area contributed by atoms with E-state index >= 15 is 0 Å². The van der Waals surface area contributed by atoms with Crippen molar-refractivity contribution in [2.75, 3.05) is 5.32 Å². The van der Waals surface area contributed by atoms with Crippen molar-refractivity contribution in [3.8, 4) is 11.4 Å². The number of carbonyl (C=O) groups excluding carboxylic acids is 1. The molecule has 0 aliphatic heterocycles. The summed E-state index contributed by atoms with van der Waals surface area (Å²) in [5.74, 6) is 0.500. The minimum atomic E-state index is -4.48. The molecule has 0 bridgehead atoms. The van der Waals surface area contributed by atoms with Gasteiger partial charge in [0, 0.05) is 28.2 Å². The largest absolute Gasteiger partial charge is 0.416 e. The predicted octanol–water partition coefficient (Wildman–Crippen LogP) is 4.92. The summed E-state index contributed by atoms with van der Waals surface area (Å²) in [7, 11) is 0. The van der Waals surface area contributed by atoms with E-state index in [2.05, 4.69) is 20.4 Å². The van der Waals surface area contributed by atoms with Gasteiger partial charge in [-0.05, 0) is 44.5 Å². The highest BCUT2D eigenvalue weighted by Crippen LogP contribution is 2.30. The van der Waals surface area contributed by atoms with Gasteiger partial charge in [-0.2, -0.15) is 18.2 Å². The summed E-state index contributed by atoms with van der Waals surface area (Å²) in [5, 5.41) is 7.09. The maximum atomic E-state index is 12.9. The van der Waals surface area contributed by atoms with Crippen molar-refractivity contribution >= 4 is 17.4 Å². The van der Waals surface area contributed by atoms with Gasteiger partial charge in [-0.3, -0.25) is 4.79 Å². The zero-order valence-electron chi connectivity index (χ0n) is 17.7. The molecule has 0 aliphatic rings. The van der Waals surface area contributed by atoms with Crippen LogP contribution in [0, 0.1) is 20.8 Å². The van der Waals surface area contributed by atoms with Crippen LogP contribution in [0.1, 0.15) is 28.1 Å². The van der Waals surface area contributed by atoms with Crippen molar-refractivity contribution in [2.45, 2.75) is 33.4 Å². The average molecular weight is 439 g/mol. The number of aromatic nitrogens is 4. The maximum Gasteiger partial charge on any atom is 0.416 e. The SMILES string of the molecule is Cc1ccccc1-c1nc2nc(C)c(CC(=O)Nc3cccc(C(F)(F)F)c3)c(C)n2n1. The first-order valence-corrected chi connectivity index (χ1v) is 9.89. The summed E-state index contributed by atoms with van der Waals surface area (Å²) in [4.78, 5) is 21.6. The van der Waals surface area contributed by atoms with E-state index in [1.807, 2.05) is 38.1 Å². The Morgan fingerprint density at radius 1 is 1.03 bits per heavy atom. The summed E-state index contributed by atoms with van der Waals surface area (Å²) in [5.41, 5.74) is 3.12. The number of nitrogens with one attached hydrogen (secondary N) is 1. The molecule has 0 atom stereocenters. The van der Waals surface area contributed by atoms with Crippen LogP contribution in [-0.2, 0) is 17.4 Å². The number of hydrogen-bond acceptors (Lipinski definition) is 4. The second-order valence-corrected chi connectivity index (χ2v) is 7.53. The van der Waals surface area contributed by atoms with E-state index < -0.39 is 17.6 Å². The van der Waals surface area contributed by atoms with Gasteiger partial charge in [-0.1, -0.05) is 30.3 Å². The third-order valence-corrected chi connectivity index (χ3v) is 5.25. The van der Waals surface area contributed by atoms with Crippen LogP contribution in [0.4, 0.5) is 18.9 Å². The number of fused-ring (bicyclic) bond motifs is 1. The number of aryl methyl sites for hydroxylation is 3. The van der Waals surface area contributed by atoms with Gasteiger partial charge >= 0.3 is 6.18 Å². The average Bonchev–Trinajstić information content (AvgIpc) is 3.15. The van der Waals surface area contributed by atoms with Crippen molar-refractivity contribution in [1.82, 2.24) is 19.6 Å². The second-order valence-electron chi connectivity index (χ2n) is 7.53. The minimum Gasteiger partial charge on any atom is -0.326 e. The Morgan fingerprint density at radius 2 is 1.78 bits per heavy atom. The van der Waals surface area contributed by atoms with Crippen molar-refractivity contribution in [1.29, 1.82) is 0 Å². The molecule has 1 N–H and O–H groups in total. The fourth-order valence-corrected chi connectivity index (χ4v) is 3.54. The molecule has 164 valence electrons. The summed E-state index contributed by atoms with van der Waals surface area (Å²) in [6.45, 7) is 5.54. The van der Waals surface area contributed by atoms with Gasteiger partial charge in [0.1, 0.15) is 0 Å². The van der Waals surface area contributed by atoms with Gasteiger partial charge in [0.15, 0.2) is 5.82 Å². The van der Waals surface area contributed by atoms with E-state index in [4.69, 9.17) is 0 Å². The highest BCUT2D eigenvalue weighted by molar-refractivity contribution is 5.92. The Balaban J connectivity index is 1.62. The predicted molar refractivity (Wildman–Crippen MR) is 114 cm³/mol. The molecule has 2 heterocycles. The summed E-state index contributed by atoms with van der Waals surface area (Å²) in [6.07, 6.45) is -4.54. The van der Waals surface area contributed by atoms with Gasteiger partial charge in [-0.25, -0.2) is 9.50 Å². The molecule has 4 rings (SSSR count).